The van der Waals surface area contributed by atoms with Crippen molar-refractivity contribution in [3.8, 4) is 5.75 Å². The number of aromatic nitrogens is 2. The van der Waals surface area contributed by atoms with E-state index in [1.54, 1.807) is 35.1 Å². The second kappa shape index (κ2) is 9.89. The van der Waals surface area contributed by atoms with Crippen LogP contribution in [0.3, 0.4) is 0 Å². The van der Waals surface area contributed by atoms with E-state index in [0.29, 0.717) is 24.6 Å². The van der Waals surface area contributed by atoms with Gasteiger partial charge in [0.2, 0.25) is 0 Å². The molecule has 1 aliphatic carbocycles. The number of aliphatic hydroxyl groups is 1. The Balaban J connectivity index is 1.49. The van der Waals surface area contributed by atoms with Gasteiger partial charge in [0.15, 0.2) is 0 Å². The molecule has 8 nitrogen and oxygen atoms in total. The van der Waals surface area contributed by atoms with Crippen molar-refractivity contribution in [3.63, 3.8) is 0 Å². The second-order valence-corrected chi connectivity index (χ2v) is 6.91. The first kappa shape index (κ1) is 19.9. The number of aliphatic hydroxyl groups excluding tert-OH is 1. The summed E-state index contributed by atoms with van der Waals surface area (Å²) in [6.45, 7) is 1.06. The lowest BCUT2D eigenvalue weighted by molar-refractivity contribution is -0.137. The number of ether oxygens (including phenoxy) is 1. The van der Waals surface area contributed by atoms with Gasteiger partial charge in [-0.25, -0.2) is 0 Å². The van der Waals surface area contributed by atoms with Gasteiger partial charge < -0.3 is 20.5 Å². The smallest absolute Gasteiger partial charge is 0.313 e. The maximum absolute atomic E-state index is 12.2. The molecule has 3 N–H and O–H groups in total. The highest BCUT2D eigenvalue weighted by Crippen LogP contribution is 2.24. The highest BCUT2D eigenvalue weighted by molar-refractivity contribution is 6.39. The van der Waals surface area contributed by atoms with E-state index in [0.717, 1.165) is 25.7 Å². The lowest BCUT2D eigenvalue weighted by Gasteiger charge is -2.30. The molecule has 0 saturated heterocycles. The fourth-order valence-corrected chi connectivity index (χ4v) is 3.39. The zero-order chi connectivity index (χ0) is 19.8. The molecule has 150 valence electrons. The van der Waals surface area contributed by atoms with E-state index < -0.39 is 11.8 Å². The third-order valence-electron chi connectivity index (χ3n) is 4.91. The molecule has 1 fully saturated rings. The lowest BCUT2D eigenvalue weighted by Crippen LogP contribution is -2.47. The third-order valence-corrected chi connectivity index (χ3v) is 4.91. The van der Waals surface area contributed by atoms with Gasteiger partial charge in [-0.3, -0.25) is 14.3 Å². The van der Waals surface area contributed by atoms with Gasteiger partial charge in [-0.2, -0.15) is 5.10 Å². The first-order valence-corrected chi connectivity index (χ1v) is 9.58. The zero-order valence-corrected chi connectivity index (χ0v) is 15.7. The van der Waals surface area contributed by atoms with Crippen LogP contribution in [0.5, 0.6) is 5.75 Å². The van der Waals surface area contributed by atoms with E-state index in [4.69, 9.17) is 4.74 Å². The summed E-state index contributed by atoms with van der Waals surface area (Å²) in [4.78, 5) is 24.4. The lowest BCUT2D eigenvalue weighted by atomic mass is 9.85. The van der Waals surface area contributed by atoms with Gasteiger partial charge in [-0.1, -0.05) is 18.9 Å². The van der Waals surface area contributed by atoms with Crippen molar-refractivity contribution in [1.29, 1.82) is 0 Å². The van der Waals surface area contributed by atoms with Crippen molar-refractivity contribution < 1.29 is 19.4 Å². The molecule has 0 unspecified atom stereocenters. The minimum atomic E-state index is -0.726. The number of nitrogens with zero attached hydrogens (tertiary/aromatic N) is 2. The van der Waals surface area contributed by atoms with E-state index >= 15 is 0 Å². The molecule has 0 spiro atoms. The first-order chi connectivity index (χ1) is 13.7. The summed E-state index contributed by atoms with van der Waals surface area (Å²) in [6.07, 6.45) is 7.23. The Kier molecular flexibility index (Phi) is 7.02. The Labute approximate surface area is 163 Å². The standard InChI is InChI=1S/C20H26N4O4/c25-14-15-5-1-2-8-18(15)23-20(27)19(26)22-16-6-3-7-17(13-16)28-12-11-24-10-4-9-21-24/h3-4,6-7,9-10,13,15,18,25H,1-2,5,8,11-12,14H2,(H,22,26)(H,23,27)/t15-,18-/m1/s1. The molecule has 8 heteroatoms. The van der Waals surface area contributed by atoms with E-state index in [1.807, 2.05) is 12.3 Å². The summed E-state index contributed by atoms with van der Waals surface area (Å²) in [5, 5.41) is 18.9. The zero-order valence-electron chi connectivity index (χ0n) is 15.7. The Morgan fingerprint density at radius 1 is 1.21 bits per heavy atom. The van der Waals surface area contributed by atoms with Gasteiger partial charge in [0.05, 0.1) is 6.54 Å². The molecule has 0 bridgehead atoms. The van der Waals surface area contributed by atoms with Crippen molar-refractivity contribution in [1.82, 2.24) is 15.1 Å². The van der Waals surface area contributed by atoms with Crippen LogP contribution < -0.4 is 15.4 Å². The number of nitrogens with one attached hydrogen (secondary N) is 2. The van der Waals surface area contributed by atoms with E-state index in [9.17, 15) is 14.7 Å². The number of amides is 2. The van der Waals surface area contributed by atoms with Crippen molar-refractivity contribution in [2.24, 2.45) is 5.92 Å². The van der Waals surface area contributed by atoms with E-state index in [2.05, 4.69) is 15.7 Å². The van der Waals surface area contributed by atoms with Crippen LogP contribution in [0.25, 0.3) is 0 Å². The maximum atomic E-state index is 12.2. The number of hydrogen-bond acceptors (Lipinski definition) is 5. The second-order valence-electron chi connectivity index (χ2n) is 6.91. The van der Waals surface area contributed by atoms with Gasteiger partial charge in [-0.15, -0.1) is 0 Å². The van der Waals surface area contributed by atoms with Crippen LogP contribution >= 0.6 is 0 Å². The molecule has 2 amide bonds. The largest absolute Gasteiger partial charge is 0.492 e. The van der Waals surface area contributed by atoms with Crippen molar-refractivity contribution in [2.45, 2.75) is 38.3 Å². The highest BCUT2D eigenvalue weighted by Gasteiger charge is 2.27. The molecule has 3 rings (SSSR count). The average Bonchev–Trinajstić information content (AvgIpc) is 3.22. The number of carbonyl (C=O) groups is 2. The van der Waals surface area contributed by atoms with E-state index in [-0.39, 0.29) is 18.6 Å². The topological polar surface area (TPSA) is 105 Å². The normalized spacial score (nSPS) is 19.0. The molecule has 1 aromatic carbocycles. The van der Waals surface area contributed by atoms with Gasteiger partial charge in [0.25, 0.3) is 0 Å². The van der Waals surface area contributed by atoms with Crippen LogP contribution in [0.2, 0.25) is 0 Å². The fourth-order valence-electron chi connectivity index (χ4n) is 3.39. The van der Waals surface area contributed by atoms with Crippen LogP contribution in [-0.2, 0) is 16.1 Å². The predicted molar refractivity (Wildman–Crippen MR) is 104 cm³/mol. The summed E-state index contributed by atoms with van der Waals surface area (Å²) in [7, 11) is 0. The number of rotatable bonds is 7. The predicted octanol–water partition coefficient (Wildman–Crippen LogP) is 1.57. The van der Waals surface area contributed by atoms with Crippen LogP contribution in [0, 0.1) is 5.92 Å². The molecule has 0 radical (unpaired) electrons. The Bertz CT molecular complexity index is 778. The molecule has 2 atom stereocenters. The Morgan fingerprint density at radius 3 is 2.86 bits per heavy atom. The molecular weight excluding hydrogens is 360 g/mol. The van der Waals surface area contributed by atoms with Gasteiger partial charge in [0.1, 0.15) is 12.4 Å². The summed E-state index contributed by atoms with van der Waals surface area (Å²) >= 11 is 0. The number of benzene rings is 1. The van der Waals surface area contributed by atoms with E-state index in [1.165, 1.54) is 0 Å². The van der Waals surface area contributed by atoms with Gasteiger partial charge in [0, 0.05) is 42.7 Å². The SMILES string of the molecule is O=C(Nc1cccc(OCCn2cccn2)c1)C(=O)N[C@@H]1CCCC[C@@H]1CO. The molecule has 1 aliphatic rings. The molecule has 0 aliphatic heterocycles. The number of anilines is 1. The molecule has 1 aromatic heterocycles. The van der Waals surface area contributed by atoms with Crippen LogP contribution in [0.15, 0.2) is 42.7 Å². The Hall–Kier alpha value is -2.87. The van der Waals surface area contributed by atoms with Crippen LogP contribution in [0.4, 0.5) is 5.69 Å². The molecule has 28 heavy (non-hydrogen) atoms. The highest BCUT2D eigenvalue weighted by atomic mass is 16.5. The fraction of sp³-hybridized carbons (Fsp3) is 0.450. The maximum Gasteiger partial charge on any atom is 0.313 e. The minimum absolute atomic E-state index is 0.0111. The van der Waals surface area contributed by atoms with Crippen molar-refractivity contribution >= 4 is 17.5 Å². The van der Waals surface area contributed by atoms with Crippen molar-refractivity contribution in [2.75, 3.05) is 18.5 Å². The summed E-state index contributed by atoms with van der Waals surface area (Å²) in [5.74, 6) is -0.804. The van der Waals surface area contributed by atoms with Gasteiger partial charge in [-0.05, 0) is 31.0 Å². The first-order valence-electron chi connectivity index (χ1n) is 9.58. The van der Waals surface area contributed by atoms with Crippen LogP contribution in [-0.4, -0.2) is 46.0 Å². The molecule has 1 saturated carbocycles. The molecule has 1 heterocycles. The Morgan fingerprint density at radius 2 is 2.07 bits per heavy atom. The molecule has 2 aromatic rings. The van der Waals surface area contributed by atoms with Crippen LogP contribution in [0.1, 0.15) is 25.7 Å². The van der Waals surface area contributed by atoms with Gasteiger partial charge >= 0.3 is 11.8 Å². The summed E-state index contributed by atoms with van der Waals surface area (Å²) in [6, 6.07) is 8.59. The number of carbonyl (C=O) groups excluding carboxylic acids is 2. The summed E-state index contributed by atoms with van der Waals surface area (Å²) in [5.41, 5.74) is 0.485. The minimum Gasteiger partial charge on any atom is -0.492 e. The third kappa shape index (κ3) is 5.56. The van der Waals surface area contributed by atoms with Crippen molar-refractivity contribution in [3.05, 3.63) is 42.7 Å². The average molecular weight is 386 g/mol. The molecular formula is C20H26N4O4. The summed E-state index contributed by atoms with van der Waals surface area (Å²) < 4.78 is 7.44. The number of hydrogen-bond donors (Lipinski definition) is 3. The quantitative estimate of drug-likeness (QED) is 0.627. The monoisotopic (exact) mass is 386 g/mol.